The van der Waals surface area contributed by atoms with E-state index in [1.54, 1.807) is 11.7 Å². The van der Waals surface area contributed by atoms with E-state index in [4.69, 9.17) is 9.47 Å². The van der Waals surface area contributed by atoms with Gasteiger partial charge in [-0.3, -0.25) is 9.20 Å². The molecule has 0 amide bonds. The second-order valence-corrected chi connectivity index (χ2v) is 9.03. The zero-order valence-corrected chi connectivity index (χ0v) is 20.0. The Kier molecular flexibility index (Phi) is 5.98. The number of aryl methyl sites for hydroxylation is 2. The van der Waals surface area contributed by atoms with Gasteiger partial charge in [-0.15, -0.1) is 10.2 Å². The molecule has 34 heavy (non-hydrogen) atoms. The van der Waals surface area contributed by atoms with Crippen molar-refractivity contribution in [2.75, 3.05) is 19.5 Å². The molecule has 0 atom stereocenters. The number of ether oxygens (including phenoxy) is 2. The van der Waals surface area contributed by atoms with E-state index in [1.807, 2.05) is 85.0 Å². The molecule has 0 spiro atoms. The normalized spacial score (nSPS) is 11.3. The summed E-state index contributed by atoms with van der Waals surface area (Å²) in [6.45, 7) is 4.54. The average Bonchev–Trinajstić information content (AvgIpc) is 3.26. The lowest BCUT2D eigenvalue weighted by atomic mass is 10.2. The van der Waals surface area contributed by atoms with E-state index in [9.17, 15) is 4.79 Å². The van der Waals surface area contributed by atoms with Gasteiger partial charge in [0.1, 0.15) is 11.5 Å². The van der Waals surface area contributed by atoms with E-state index in [0.29, 0.717) is 40.1 Å². The summed E-state index contributed by atoms with van der Waals surface area (Å²) in [6, 6.07) is 21.2. The third-order valence-corrected chi connectivity index (χ3v) is 6.44. The van der Waals surface area contributed by atoms with Crippen LogP contribution in [-0.4, -0.2) is 38.6 Å². The van der Waals surface area contributed by atoms with Gasteiger partial charge in [-0.25, -0.2) is 4.57 Å². The molecule has 0 bridgehead atoms. The summed E-state index contributed by atoms with van der Waals surface area (Å²) in [6.07, 6.45) is 0. The number of thioether (sulfide) groups is 1. The number of fused-ring (bicyclic) bond motifs is 3. The predicted molar refractivity (Wildman–Crippen MR) is 135 cm³/mol. The van der Waals surface area contributed by atoms with Crippen LogP contribution in [-0.2, 0) is 0 Å². The number of rotatable bonds is 7. The molecule has 5 aromatic rings. The van der Waals surface area contributed by atoms with Crippen LogP contribution in [0.25, 0.3) is 22.4 Å². The molecule has 5 rings (SSSR count). The lowest BCUT2D eigenvalue weighted by Gasteiger charge is -2.14. The first-order chi connectivity index (χ1) is 16.6. The van der Waals surface area contributed by atoms with Crippen molar-refractivity contribution in [3.05, 3.63) is 88.2 Å². The van der Waals surface area contributed by atoms with Crippen LogP contribution >= 0.6 is 11.8 Å². The van der Waals surface area contributed by atoms with E-state index >= 15 is 0 Å². The minimum atomic E-state index is -0.168. The first-order valence-electron chi connectivity index (χ1n) is 10.9. The van der Waals surface area contributed by atoms with Crippen LogP contribution in [0, 0.1) is 13.8 Å². The Morgan fingerprint density at radius 1 is 0.941 bits per heavy atom. The molecule has 172 valence electrons. The van der Waals surface area contributed by atoms with Crippen LogP contribution in [0.5, 0.6) is 11.5 Å². The highest BCUT2D eigenvalue weighted by Crippen LogP contribution is 2.28. The maximum atomic E-state index is 13.6. The Labute approximate surface area is 201 Å². The second kappa shape index (κ2) is 9.23. The highest BCUT2D eigenvalue weighted by molar-refractivity contribution is 7.99. The first kappa shape index (κ1) is 22.0. The molecule has 2 heterocycles. The van der Waals surface area contributed by atoms with Crippen molar-refractivity contribution in [3.63, 3.8) is 0 Å². The third kappa shape index (κ3) is 4.01. The topological polar surface area (TPSA) is 70.7 Å². The van der Waals surface area contributed by atoms with Crippen molar-refractivity contribution in [2.45, 2.75) is 19.0 Å². The number of methoxy groups -OCH3 is 1. The Bertz CT molecular complexity index is 1560. The molecule has 0 saturated heterocycles. The largest absolute Gasteiger partial charge is 0.495 e. The van der Waals surface area contributed by atoms with Gasteiger partial charge in [0.15, 0.2) is 5.16 Å². The fraction of sp³-hybridized carbons (Fsp3) is 0.192. The average molecular weight is 473 g/mol. The first-order valence-corrected chi connectivity index (χ1v) is 11.9. The highest BCUT2D eigenvalue weighted by atomic mass is 32.2. The molecule has 0 unspecified atom stereocenters. The standard InChI is InChI=1S/C26H24N4O3S/c1-17-7-6-8-19(15-17)33-13-14-34-26-28-27-25-29(22-16-18(2)11-12-23(22)32-3)24(31)20-9-4-5-10-21(20)30(25)26/h4-12,15-16H,13-14H2,1-3H3. The fourth-order valence-corrected chi connectivity index (χ4v) is 4.72. The van der Waals surface area contributed by atoms with Crippen molar-refractivity contribution in [2.24, 2.45) is 0 Å². The summed E-state index contributed by atoms with van der Waals surface area (Å²) in [5.74, 6) is 2.55. The minimum Gasteiger partial charge on any atom is -0.495 e. The van der Waals surface area contributed by atoms with Gasteiger partial charge in [-0.1, -0.05) is 42.1 Å². The fourth-order valence-electron chi connectivity index (χ4n) is 3.96. The van der Waals surface area contributed by atoms with Crippen LogP contribution in [0.1, 0.15) is 11.1 Å². The Hall–Kier alpha value is -3.78. The monoisotopic (exact) mass is 472 g/mol. The van der Waals surface area contributed by atoms with E-state index in [1.165, 1.54) is 11.8 Å². The van der Waals surface area contributed by atoms with Crippen molar-refractivity contribution >= 4 is 28.4 Å². The molecule has 0 aliphatic carbocycles. The highest BCUT2D eigenvalue weighted by Gasteiger charge is 2.20. The van der Waals surface area contributed by atoms with Gasteiger partial charge in [0.25, 0.3) is 5.56 Å². The number of benzene rings is 3. The summed E-state index contributed by atoms with van der Waals surface area (Å²) in [5.41, 5.74) is 3.40. The summed E-state index contributed by atoms with van der Waals surface area (Å²) in [5, 5.41) is 10.1. The number of hydrogen-bond acceptors (Lipinski definition) is 6. The summed E-state index contributed by atoms with van der Waals surface area (Å²) >= 11 is 1.54. The molecule has 0 aliphatic rings. The maximum absolute atomic E-state index is 13.6. The lowest BCUT2D eigenvalue weighted by Crippen LogP contribution is -2.22. The van der Waals surface area contributed by atoms with Crippen molar-refractivity contribution in [1.29, 1.82) is 0 Å². The predicted octanol–water partition coefficient (Wildman–Crippen LogP) is 4.83. The zero-order valence-electron chi connectivity index (χ0n) is 19.2. The van der Waals surface area contributed by atoms with E-state index < -0.39 is 0 Å². The minimum absolute atomic E-state index is 0.168. The number of aromatic nitrogens is 4. The number of nitrogens with zero attached hydrogens (tertiary/aromatic N) is 4. The summed E-state index contributed by atoms with van der Waals surface area (Å²) < 4.78 is 15.0. The zero-order chi connectivity index (χ0) is 23.7. The smallest absolute Gasteiger partial charge is 0.267 e. The van der Waals surface area contributed by atoms with E-state index in [2.05, 4.69) is 10.2 Å². The van der Waals surface area contributed by atoms with Crippen LogP contribution in [0.2, 0.25) is 0 Å². The van der Waals surface area contributed by atoms with Crippen molar-refractivity contribution < 1.29 is 9.47 Å². The van der Waals surface area contributed by atoms with E-state index in [-0.39, 0.29) is 5.56 Å². The van der Waals surface area contributed by atoms with E-state index in [0.717, 1.165) is 22.4 Å². The van der Waals surface area contributed by atoms with Gasteiger partial charge in [0, 0.05) is 5.75 Å². The molecule has 0 N–H and O–H groups in total. The summed E-state index contributed by atoms with van der Waals surface area (Å²) in [7, 11) is 1.59. The Balaban J connectivity index is 1.57. The molecule has 8 heteroatoms. The molecular weight excluding hydrogens is 448 g/mol. The van der Waals surface area contributed by atoms with Crippen LogP contribution in [0.4, 0.5) is 0 Å². The van der Waals surface area contributed by atoms with Crippen LogP contribution < -0.4 is 15.0 Å². The lowest BCUT2D eigenvalue weighted by molar-refractivity contribution is 0.343. The molecule has 0 radical (unpaired) electrons. The number of para-hydroxylation sites is 1. The second-order valence-electron chi connectivity index (χ2n) is 7.96. The molecule has 0 saturated carbocycles. The van der Waals surface area contributed by atoms with Gasteiger partial charge >= 0.3 is 0 Å². The molecule has 7 nitrogen and oxygen atoms in total. The van der Waals surface area contributed by atoms with Crippen molar-refractivity contribution in [1.82, 2.24) is 19.2 Å². The third-order valence-electron chi connectivity index (χ3n) is 5.54. The molecule has 0 fully saturated rings. The van der Waals surface area contributed by atoms with Crippen LogP contribution in [0.15, 0.2) is 76.7 Å². The summed E-state index contributed by atoms with van der Waals surface area (Å²) in [4.78, 5) is 13.6. The molecule has 0 aliphatic heterocycles. The quantitative estimate of drug-likeness (QED) is 0.250. The number of hydrogen-bond donors (Lipinski definition) is 0. The SMILES string of the molecule is COc1ccc(C)cc1-n1c(=O)c2ccccc2n2c(SCCOc3cccc(C)c3)nnc12. The molecular formula is C26H24N4O3S. The molecule has 2 aromatic heterocycles. The van der Waals surface area contributed by atoms with Crippen LogP contribution in [0.3, 0.4) is 0 Å². The van der Waals surface area contributed by atoms with Crippen molar-refractivity contribution in [3.8, 4) is 17.2 Å². The Morgan fingerprint density at radius 2 is 1.76 bits per heavy atom. The van der Waals surface area contributed by atoms with Gasteiger partial charge in [-0.2, -0.15) is 0 Å². The molecule has 3 aromatic carbocycles. The van der Waals surface area contributed by atoms with Gasteiger partial charge in [0.2, 0.25) is 5.78 Å². The Morgan fingerprint density at radius 3 is 2.59 bits per heavy atom. The van der Waals surface area contributed by atoms with Gasteiger partial charge in [-0.05, 0) is 61.4 Å². The maximum Gasteiger partial charge on any atom is 0.267 e. The van der Waals surface area contributed by atoms with Gasteiger partial charge in [0.05, 0.1) is 30.3 Å². The van der Waals surface area contributed by atoms with Gasteiger partial charge < -0.3 is 9.47 Å².